The number of piperazine rings is 1. The number of nitrogens with zero attached hydrogens (tertiary/aromatic N) is 2. The van der Waals surface area contributed by atoms with Gasteiger partial charge < -0.3 is 19.1 Å². The number of aryl methyl sites for hydroxylation is 1. The lowest BCUT2D eigenvalue weighted by Gasteiger charge is -2.40. The summed E-state index contributed by atoms with van der Waals surface area (Å²) in [4.78, 5) is 5.12. The Morgan fingerprint density at radius 2 is 1.72 bits per heavy atom. The summed E-state index contributed by atoms with van der Waals surface area (Å²) < 4.78 is 17.6. The molecular formula is C27H38N2O3. The van der Waals surface area contributed by atoms with Crippen molar-refractivity contribution in [1.82, 2.24) is 4.90 Å². The molecule has 2 atom stereocenters. The van der Waals surface area contributed by atoms with Gasteiger partial charge in [-0.25, -0.2) is 0 Å². The normalized spacial score (nSPS) is 23.7. The number of fused-ring (bicyclic) bond motifs is 1. The van der Waals surface area contributed by atoms with E-state index in [1.54, 1.807) is 14.2 Å². The summed E-state index contributed by atoms with van der Waals surface area (Å²) in [6.07, 6.45) is 2.11. The minimum Gasteiger partial charge on any atom is -0.493 e. The third-order valence-electron chi connectivity index (χ3n) is 7.26. The van der Waals surface area contributed by atoms with E-state index in [4.69, 9.17) is 14.2 Å². The lowest BCUT2D eigenvalue weighted by atomic mass is 9.80. The van der Waals surface area contributed by atoms with Crippen LogP contribution in [0.15, 0.2) is 36.4 Å². The lowest BCUT2D eigenvalue weighted by Crippen LogP contribution is -2.47. The third-order valence-corrected chi connectivity index (χ3v) is 7.26. The first-order valence-electron chi connectivity index (χ1n) is 11.9. The molecule has 0 bridgehead atoms. The first-order chi connectivity index (χ1) is 15.4. The summed E-state index contributed by atoms with van der Waals surface area (Å²) in [7, 11) is 3.40. The van der Waals surface area contributed by atoms with Crippen LogP contribution in [-0.2, 0) is 10.3 Å². The summed E-state index contributed by atoms with van der Waals surface area (Å²) in [5, 5.41) is 0. The lowest BCUT2D eigenvalue weighted by molar-refractivity contribution is -0.0629. The minimum absolute atomic E-state index is 0.287. The number of ether oxygens (including phenoxy) is 3. The van der Waals surface area contributed by atoms with Crippen LogP contribution >= 0.6 is 0 Å². The maximum atomic E-state index is 6.43. The molecule has 32 heavy (non-hydrogen) atoms. The molecule has 5 nitrogen and oxygen atoms in total. The van der Waals surface area contributed by atoms with E-state index in [0.717, 1.165) is 63.7 Å². The van der Waals surface area contributed by atoms with Crippen molar-refractivity contribution in [1.29, 1.82) is 0 Å². The average Bonchev–Trinajstić information content (AvgIpc) is 2.82. The Bertz CT molecular complexity index is 923. The van der Waals surface area contributed by atoms with Gasteiger partial charge >= 0.3 is 0 Å². The van der Waals surface area contributed by atoms with Crippen molar-refractivity contribution in [2.24, 2.45) is 0 Å². The Labute approximate surface area is 193 Å². The Morgan fingerprint density at radius 3 is 2.41 bits per heavy atom. The predicted octanol–water partition coefficient (Wildman–Crippen LogP) is 4.96. The van der Waals surface area contributed by atoms with Gasteiger partial charge in [0.05, 0.1) is 26.4 Å². The van der Waals surface area contributed by atoms with E-state index in [0.29, 0.717) is 5.92 Å². The van der Waals surface area contributed by atoms with Gasteiger partial charge in [-0.3, -0.25) is 4.90 Å². The topological polar surface area (TPSA) is 34.2 Å². The minimum atomic E-state index is -0.287. The van der Waals surface area contributed by atoms with E-state index in [-0.39, 0.29) is 5.60 Å². The molecule has 1 fully saturated rings. The monoisotopic (exact) mass is 438 g/mol. The van der Waals surface area contributed by atoms with Crippen molar-refractivity contribution < 1.29 is 14.2 Å². The molecule has 2 aliphatic rings. The number of methoxy groups -OCH3 is 2. The highest BCUT2D eigenvalue weighted by Gasteiger charge is 2.37. The second-order valence-corrected chi connectivity index (χ2v) is 9.46. The molecule has 0 N–H and O–H groups in total. The van der Waals surface area contributed by atoms with Crippen LogP contribution in [0, 0.1) is 6.92 Å². The van der Waals surface area contributed by atoms with Crippen molar-refractivity contribution in [2.45, 2.75) is 45.1 Å². The van der Waals surface area contributed by atoms with E-state index < -0.39 is 0 Å². The van der Waals surface area contributed by atoms with Crippen LogP contribution in [-0.4, -0.2) is 58.5 Å². The number of rotatable bonds is 7. The van der Waals surface area contributed by atoms with Crippen LogP contribution in [0.3, 0.4) is 0 Å². The summed E-state index contributed by atoms with van der Waals surface area (Å²) in [6.45, 7) is 12.9. The molecule has 4 rings (SSSR count). The fourth-order valence-electron chi connectivity index (χ4n) is 5.21. The van der Waals surface area contributed by atoms with Gasteiger partial charge in [0.25, 0.3) is 0 Å². The van der Waals surface area contributed by atoms with Gasteiger partial charge in [0, 0.05) is 37.8 Å². The van der Waals surface area contributed by atoms with Crippen molar-refractivity contribution in [3.8, 4) is 11.5 Å². The van der Waals surface area contributed by atoms with Crippen LogP contribution in [0.4, 0.5) is 5.69 Å². The second kappa shape index (κ2) is 9.72. The molecule has 1 saturated heterocycles. The zero-order chi connectivity index (χ0) is 22.7. The number of anilines is 1. The molecule has 2 aromatic carbocycles. The predicted molar refractivity (Wildman–Crippen MR) is 130 cm³/mol. The molecule has 2 heterocycles. The summed E-state index contributed by atoms with van der Waals surface area (Å²) in [6, 6.07) is 13.0. The summed E-state index contributed by atoms with van der Waals surface area (Å²) in [5.41, 5.74) is 5.03. The molecule has 0 spiro atoms. The van der Waals surface area contributed by atoms with Crippen LogP contribution in [0.5, 0.6) is 11.5 Å². The molecule has 0 aliphatic carbocycles. The molecule has 0 radical (unpaired) electrons. The van der Waals surface area contributed by atoms with E-state index in [1.807, 2.05) is 0 Å². The van der Waals surface area contributed by atoms with Gasteiger partial charge in [0.2, 0.25) is 0 Å². The zero-order valence-corrected chi connectivity index (χ0v) is 20.3. The van der Waals surface area contributed by atoms with Crippen LogP contribution in [0.25, 0.3) is 0 Å². The van der Waals surface area contributed by atoms with Gasteiger partial charge in [0.1, 0.15) is 0 Å². The van der Waals surface area contributed by atoms with E-state index >= 15 is 0 Å². The van der Waals surface area contributed by atoms with Crippen LogP contribution in [0.1, 0.15) is 49.3 Å². The number of para-hydroxylation sites is 1. The Hall–Kier alpha value is -2.24. The second-order valence-electron chi connectivity index (χ2n) is 9.46. The maximum absolute atomic E-state index is 6.43. The highest BCUT2D eigenvalue weighted by molar-refractivity contribution is 5.53. The SMILES string of the molecule is COc1cc2c(cc1OC)C(C)(CCCN1CCN(c3ccccc3C)CC1)OCC2C. The fourth-order valence-corrected chi connectivity index (χ4v) is 5.21. The standard InChI is InChI=1S/C27H38N2O3/c1-20-9-6-7-10-24(20)29-15-13-28(14-16-29)12-8-11-27(3)23-18-26(31-5)25(30-4)17-22(23)21(2)19-32-27/h6-7,9-10,17-18,21H,8,11-16,19H2,1-5H3. The molecule has 2 aliphatic heterocycles. The first-order valence-corrected chi connectivity index (χ1v) is 11.9. The van der Waals surface area contributed by atoms with Gasteiger partial charge in [-0.2, -0.15) is 0 Å². The molecule has 174 valence electrons. The Balaban J connectivity index is 1.37. The highest BCUT2D eigenvalue weighted by Crippen LogP contribution is 2.45. The molecule has 5 heteroatoms. The van der Waals surface area contributed by atoms with Crippen molar-refractivity contribution in [2.75, 3.05) is 58.5 Å². The third kappa shape index (κ3) is 4.60. The van der Waals surface area contributed by atoms with Crippen LogP contribution in [0.2, 0.25) is 0 Å². The van der Waals surface area contributed by atoms with Crippen molar-refractivity contribution in [3.05, 3.63) is 53.1 Å². The molecule has 0 aromatic heterocycles. The summed E-state index contributed by atoms with van der Waals surface area (Å²) in [5.74, 6) is 1.93. The smallest absolute Gasteiger partial charge is 0.161 e. The average molecular weight is 439 g/mol. The molecule has 0 saturated carbocycles. The number of hydrogen-bond acceptors (Lipinski definition) is 5. The Morgan fingerprint density at radius 1 is 1.03 bits per heavy atom. The molecular weight excluding hydrogens is 400 g/mol. The van der Waals surface area contributed by atoms with Crippen LogP contribution < -0.4 is 14.4 Å². The van der Waals surface area contributed by atoms with Gasteiger partial charge in [-0.15, -0.1) is 0 Å². The van der Waals surface area contributed by atoms with E-state index in [1.165, 1.54) is 22.4 Å². The van der Waals surface area contributed by atoms with E-state index in [2.05, 4.69) is 67.0 Å². The van der Waals surface area contributed by atoms with Gasteiger partial charge in [-0.05, 0) is 68.1 Å². The fraction of sp³-hybridized carbons (Fsp3) is 0.556. The largest absolute Gasteiger partial charge is 0.493 e. The highest BCUT2D eigenvalue weighted by atomic mass is 16.5. The van der Waals surface area contributed by atoms with Gasteiger partial charge in [-0.1, -0.05) is 25.1 Å². The molecule has 0 amide bonds. The first kappa shape index (κ1) is 22.9. The van der Waals surface area contributed by atoms with E-state index in [9.17, 15) is 0 Å². The van der Waals surface area contributed by atoms with Gasteiger partial charge in [0.15, 0.2) is 11.5 Å². The Kier molecular flexibility index (Phi) is 6.96. The summed E-state index contributed by atoms with van der Waals surface area (Å²) >= 11 is 0. The maximum Gasteiger partial charge on any atom is 0.161 e. The number of hydrogen-bond donors (Lipinski definition) is 0. The zero-order valence-electron chi connectivity index (χ0n) is 20.3. The van der Waals surface area contributed by atoms with Crippen molar-refractivity contribution >= 4 is 5.69 Å². The quantitative estimate of drug-likeness (QED) is 0.610. The number of benzene rings is 2. The molecule has 2 aromatic rings. The molecule has 2 unspecified atom stereocenters. The van der Waals surface area contributed by atoms with Crippen molar-refractivity contribution in [3.63, 3.8) is 0 Å².